The van der Waals surface area contributed by atoms with Crippen LogP contribution in [0.3, 0.4) is 0 Å². The Balaban J connectivity index is 2.88. The fourth-order valence-corrected chi connectivity index (χ4v) is 3.11. The maximum absolute atomic E-state index is 6.26. The van der Waals surface area contributed by atoms with Crippen LogP contribution in [-0.4, -0.2) is 5.88 Å². The molecule has 0 N–H and O–H groups in total. The fraction of sp³-hybridized carbons (Fsp3) is 0.600. The quantitative estimate of drug-likeness (QED) is 0.514. The zero-order valence-electron chi connectivity index (χ0n) is 11.1. The topological polar surface area (TPSA) is 0 Å². The molecule has 1 aromatic carbocycles. The molecule has 0 aromatic heterocycles. The van der Waals surface area contributed by atoms with Crippen molar-refractivity contribution in [3.05, 3.63) is 33.8 Å². The first kappa shape index (κ1) is 16.1. The Labute approximate surface area is 126 Å². The van der Waals surface area contributed by atoms with Gasteiger partial charge in [0.05, 0.1) is 0 Å². The Kier molecular flexibility index (Phi) is 6.84. The van der Waals surface area contributed by atoms with Crippen LogP contribution < -0.4 is 0 Å². The van der Waals surface area contributed by atoms with Crippen LogP contribution in [0.4, 0.5) is 0 Å². The summed E-state index contributed by atoms with van der Waals surface area (Å²) in [5.74, 6) is 0.683. The van der Waals surface area contributed by atoms with Crippen LogP contribution in [0.2, 0.25) is 10.0 Å². The number of hydrogen-bond donors (Lipinski definition) is 0. The number of halogens is 3. The number of benzene rings is 1. The number of alkyl halides is 1. The van der Waals surface area contributed by atoms with Gasteiger partial charge in [-0.15, -0.1) is 11.6 Å². The molecule has 0 bridgehead atoms. The Hall–Kier alpha value is 0.0900. The molecule has 0 saturated heterocycles. The number of unbranched alkanes of at least 4 members (excludes halogenated alkanes) is 1. The van der Waals surface area contributed by atoms with Gasteiger partial charge in [-0.05, 0) is 42.4 Å². The van der Waals surface area contributed by atoms with E-state index in [4.69, 9.17) is 34.8 Å². The highest BCUT2D eigenvalue weighted by molar-refractivity contribution is 6.35. The molecule has 0 heterocycles. The summed E-state index contributed by atoms with van der Waals surface area (Å²) >= 11 is 18.4. The Bertz CT molecular complexity index is 370. The molecular weight excluding hydrogens is 287 g/mol. The van der Waals surface area contributed by atoms with E-state index in [-0.39, 0.29) is 5.41 Å². The van der Waals surface area contributed by atoms with Crippen molar-refractivity contribution >= 4 is 34.8 Å². The zero-order valence-corrected chi connectivity index (χ0v) is 13.4. The SMILES string of the molecule is CCCCC(CC)(CCl)Cc1ccc(Cl)cc1Cl. The third-order valence-electron chi connectivity index (χ3n) is 3.67. The average Bonchev–Trinajstić information content (AvgIpc) is 2.37. The lowest BCUT2D eigenvalue weighted by molar-refractivity contribution is 0.279. The van der Waals surface area contributed by atoms with Crippen molar-refractivity contribution in [1.29, 1.82) is 0 Å². The lowest BCUT2D eigenvalue weighted by Gasteiger charge is -2.31. The molecule has 1 rings (SSSR count). The van der Waals surface area contributed by atoms with Crippen molar-refractivity contribution in [2.24, 2.45) is 5.41 Å². The highest BCUT2D eigenvalue weighted by Gasteiger charge is 2.27. The van der Waals surface area contributed by atoms with E-state index in [0.717, 1.165) is 29.8 Å². The van der Waals surface area contributed by atoms with Crippen molar-refractivity contribution in [1.82, 2.24) is 0 Å². The first-order chi connectivity index (χ1) is 8.56. The summed E-state index contributed by atoms with van der Waals surface area (Å²) in [6.07, 6.45) is 5.58. The minimum Gasteiger partial charge on any atom is -0.126 e. The molecule has 102 valence electrons. The number of rotatable bonds is 7. The van der Waals surface area contributed by atoms with Gasteiger partial charge in [0, 0.05) is 15.9 Å². The van der Waals surface area contributed by atoms with Crippen LogP contribution in [0.1, 0.15) is 45.1 Å². The van der Waals surface area contributed by atoms with Crippen molar-refractivity contribution in [3.63, 3.8) is 0 Å². The van der Waals surface area contributed by atoms with Crippen LogP contribution in [0, 0.1) is 5.41 Å². The molecular formula is C15H21Cl3. The van der Waals surface area contributed by atoms with Gasteiger partial charge in [0.25, 0.3) is 0 Å². The molecule has 0 radical (unpaired) electrons. The van der Waals surface area contributed by atoms with Crippen LogP contribution in [-0.2, 0) is 6.42 Å². The highest BCUT2D eigenvalue weighted by Crippen LogP contribution is 2.36. The Morgan fingerprint density at radius 3 is 2.39 bits per heavy atom. The first-order valence-electron chi connectivity index (χ1n) is 6.57. The minimum atomic E-state index is 0.162. The standard InChI is InChI=1S/C15H21Cl3/c1-3-5-8-15(4-2,11-16)10-12-6-7-13(17)9-14(12)18/h6-7,9H,3-5,8,10-11H2,1-2H3. The van der Waals surface area contributed by atoms with Gasteiger partial charge in [0.15, 0.2) is 0 Å². The second-order valence-electron chi connectivity index (χ2n) is 5.00. The zero-order chi connectivity index (χ0) is 13.6. The van der Waals surface area contributed by atoms with Gasteiger partial charge in [-0.2, -0.15) is 0 Å². The van der Waals surface area contributed by atoms with Crippen molar-refractivity contribution in [2.45, 2.75) is 46.0 Å². The minimum absolute atomic E-state index is 0.162. The van der Waals surface area contributed by atoms with Crippen molar-refractivity contribution < 1.29 is 0 Å². The third kappa shape index (κ3) is 4.33. The Morgan fingerprint density at radius 2 is 1.89 bits per heavy atom. The van der Waals surface area contributed by atoms with Crippen molar-refractivity contribution in [2.75, 3.05) is 5.88 Å². The molecule has 1 unspecified atom stereocenters. The summed E-state index contributed by atoms with van der Waals surface area (Å²) < 4.78 is 0. The summed E-state index contributed by atoms with van der Waals surface area (Å²) in [5, 5.41) is 1.44. The predicted octanol–water partition coefficient (Wildman–Crippen LogP) is 6.36. The normalized spacial score (nSPS) is 14.5. The van der Waals surface area contributed by atoms with Gasteiger partial charge in [-0.25, -0.2) is 0 Å². The van der Waals surface area contributed by atoms with Crippen LogP contribution in [0.5, 0.6) is 0 Å². The number of hydrogen-bond acceptors (Lipinski definition) is 0. The van der Waals surface area contributed by atoms with E-state index in [0.29, 0.717) is 10.9 Å². The molecule has 0 saturated carbocycles. The molecule has 0 nitrogen and oxygen atoms in total. The lowest BCUT2D eigenvalue weighted by Crippen LogP contribution is -2.25. The smallest absolute Gasteiger partial charge is 0.0453 e. The summed E-state index contributed by atoms with van der Waals surface area (Å²) in [6.45, 7) is 4.42. The van der Waals surface area contributed by atoms with Crippen molar-refractivity contribution in [3.8, 4) is 0 Å². The van der Waals surface area contributed by atoms with Gasteiger partial charge in [0.2, 0.25) is 0 Å². The largest absolute Gasteiger partial charge is 0.126 e. The summed E-state index contributed by atoms with van der Waals surface area (Å²) in [7, 11) is 0. The summed E-state index contributed by atoms with van der Waals surface area (Å²) in [4.78, 5) is 0. The third-order valence-corrected chi connectivity index (χ3v) is 4.83. The molecule has 0 aliphatic heterocycles. The molecule has 0 fully saturated rings. The molecule has 1 aromatic rings. The average molecular weight is 308 g/mol. The van der Waals surface area contributed by atoms with E-state index in [1.165, 1.54) is 12.8 Å². The molecule has 0 spiro atoms. The van der Waals surface area contributed by atoms with Gasteiger partial charge in [-0.1, -0.05) is 56.0 Å². The van der Waals surface area contributed by atoms with E-state index in [1.807, 2.05) is 18.2 Å². The molecule has 1 atom stereocenters. The lowest BCUT2D eigenvalue weighted by atomic mass is 9.77. The van der Waals surface area contributed by atoms with E-state index >= 15 is 0 Å². The summed E-state index contributed by atoms with van der Waals surface area (Å²) in [6, 6.07) is 5.73. The molecule has 3 heteroatoms. The van der Waals surface area contributed by atoms with Gasteiger partial charge in [-0.3, -0.25) is 0 Å². The van der Waals surface area contributed by atoms with Gasteiger partial charge in [0.1, 0.15) is 0 Å². The maximum atomic E-state index is 6.26. The predicted molar refractivity (Wildman–Crippen MR) is 83.1 cm³/mol. The van der Waals surface area contributed by atoms with Crippen LogP contribution in [0.15, 0.2) is 18.2 Å². The van der Waals surface area contributed by atoms with E-state index < -0.39 is 0 Å². The monoisotopic (exact) mass is 306 g/mol. The van der Waals surface area contributed by atoms with Crippen LogP contribution in [0.25, 0.3) is 0 Å². The highest BCUT2D eigenvalue weighted by atomic mass is 35.5. The van der Waals surface area contributed by atoms with Gasteiger partial charge >= 0.3 is 0 Å². The second-order valence-corrected chi connectivity index (χ2v) is 6.11. The van der Waals surface area contributed by atoms with E-state index in [1.54, 1.807) is 0 Å². The second kappa shape index (κ2) is 7.62. The van der Waals surface area contributed by atoms with Gasteiger partial charge < -0.3 is 0 Å². The molecule has 0 amide bonds. The molecule has 18 heavy (non-hydrogen) atoms. The Morgan fingerprint density at radius 1 is 1.17 bits per heavy atom. The first-order valence-corrected chi connectivity index (χ1v) is 7.86. The maximum Gasteiger partial charge on any atom is 0.0453 e. The summed E-state index contributed by atoms with van der Waals surface area (Å²) in [5.41, 5.74) is 1.31. The molecule has 0 aliphatic carbocycles. The van der Waals surface area contributed by atoms with E-state index in [2.05, 4.69) is 13.8 Å². The van der Waals surface area contributed by atoms with Crippen LogP contribution >= 0.6 is 34.8 Å². The fourth-order valence-electron chi connectivity index (χ4n) is 2.22. The van der Waals surface area contributed by atoms with E-state index in [9.17, 15) is 0 Å². The molecule has 0 aliphatic rings.